The van der Waals surface area contributed by atoms with E-state index >= 15 is 0 Å². The third-order valence-corrected chi connectivity index (χ3v) is 3.70. The highest BCUT2D eigenvalue weighted by atomic mass is 16.3. The van der Waals surface area contributed by atoms with Crippen LogP contribution in [-0.4, -0.2) is 23.7 Å². The van der Waals surface area contributed by atoms with Crippen molar-refractivity contribution in [1.82, 2.24) is 5.32 Å². The van der Waals surface area contributed by atoms with Crippen LogP contribution in [0.1, 0.15) is 36.8 Å². The molecule has 1 aliphatic rings. The second-order valence-corrected chi connectivity index (χ2v) is 5.51. The Balaban J connectivity index is 1.77. The highest BCUT2D eigenvalue weighted by molar-refractivity contribution is 5.76. The zero-order valence-corrected chi connectivity index (χ0v) is 11.6. The number of hydrogen-bond acceptors (Lipinski definition) is 2. The van der Waals surface area contributed by atoms with Crippen LogP contribution in [0.25, 0.3) is 0 Å². The summed E-state index contributed by atoms with van der Waals surface area (Å²) < 4.78 is 0. The van der Waals surface area contributed by atoms with E-state index in [0.717, 1.165) is 6.42 Å². The Hall–Kier alpha value is -1.35. The number of aliphatic hydroxyl groups is 1. The van der Waals surface area contributed by atoms with Crippen molar-refractivity contribution >= 4 is 5.91 Å². The molecule has 104 valence electrons. The van der Waals surface area contributed by atoms with Gasteiger partial charge in [0.25, 0.3) is 0 Å². The molecule has 0 saturated heterocycles. The van der Waals surface area contributed by atoms with E-state index in [9.17, 15) is 4.79 Å². The van der Waals surface area contributed by atoms with Crippen molar-refractivity contribution in [1.29, 1.82) is 0 Å². The SMILES string of the molecule is Cc1cccc(CCC(=O)NC(CCO)C2CC2)c1. The number of carbonyl (C=O) groups excluding carboxylic acids is 1. The molecule has 0 radical (unpaired) electrons. The van der Waals surface area contributed by atoms with Gasteiger partial charge in [0.05, 0.1) is 0 Å². The lowest BCUT2D eigenvalue weighted by Crippen LogP contribution is -2.37. The second-order valence-electron chi connectivity index (χ2n) is 5.51. The molecule has 1 amide bonds. The van der Waals surface area contributed by atoms with Crippen LogP contribution in [0.4, 0.5) is 0 Å². The summed E-state index contributed by atoms with van der Waals surface area (Å²) in [4.78, 5) is 11.9. The van der Waals surface area contributed by atoms with Crippen LogP contribution in [-0.2, 0) is 11.2 Å². The zero-order valence-electron chi connectivity index (χ0n) is 11.6. The van der Waals surface area contributed by atoms with Gasteiger partial charge in [0.1, 0.15) is 0 Å². The average molecular weight is 261 g/mol. The minimum absolute atomic E-state index is 0.104. The number of amides is 1. The Labute approximate surface area is 115 Å². The Morgan fingerprint density at radius 1 is 1.47 bits per heavy atom. The van der Waals surface area contributed by atoms with E-state index in [1.165, 1.54) is 24.0 Å². The van der Waals surface area contributed by atoms with Gasteiger partial charge in [-0.1, -0.05) is 29.8 Å². The van der Waals surface area contributed by atoms with Crippen molar-refractivity contribution in [3.8, 4) is 0 Å². The Morgan fingerprint density at radius 3 is 2.89 bits per heavy atom. The smallest absolute Gasteiger partial charge is 0.220 e. The zero-order chi connectivity index (χ0) is 13.7. The molecule has 1 atom stereocenters. The number of carbonyl (C=O) groups is 1. The fourth-order valence-electron chi connectivity index (χ4n) is 2.47. The third-order valence-electron chi connectivity index (χ3n) is 3.70. The molecule has 1 aromatic carbocycles. The van der Waals surface area contributed by atoms with E-state index in [1.807, 2.05) is 6.07 Å². The molecule has 2 N–H and O–H groups in total. The molecular weight excluding hydrogens is 238 g/mol. The number of benzene rings is 1. The lowest BCUT2D eigenvalue weighted by atomic mass is 10.1. The third kappa shape index (κ3) is 4.67. The number of nitrogens with one attached hydrogen (secondary N) is 1. The van der Waals surface area contributed by atoms with Gasteiger partial charge in [-0.25, -0.2) is 0 Å². The van der Waals surface area contributed by atoms with Gasteiger partial charge in [-0.2, -0.15) is 0 Å². The molecule has 0 aromatic heterocycles. The second kappa shape index (κ2) is 6.71. The van der Waals surface area contributed by atoms with Crippen molar-refractivity contribution in [3.63, 3.8) is 0 Å². The first kappa shape index (κ1) is 14.1. The molecule has 19 heavy (non-hydrogen) atoms. The number of hydrogen-bond donors (Lipinski definition) is 2. The van der Waals surface area contributed by atoms with Gasteiger partial charge < -0.3 is 10.4 Å². The molecule has 0 bridgehead atoms. The van der Waals surface area contributed by atoms with E-state index in [-0.39, 0.29) is 18.6 Å². The van der Waals surface area contributed by atoms with E-state index in [1.54, 1.807) is 0 Å². The van der Waals surface area contributed by atoms with Crippen LogP contribution < -0.4 is 5.32 Å². The van der Waals surface area contributed by atoms with Crippen molar-refractivity contribution in [3.05, 3.63) is 35.4 Å². The summed E-state index contributed by atoms with van der Waals surface area (Å²) in [5, 5.41) is 12.1. The molecular formula is C16H23NO2. The summed E-state index contributed by atoms with van der Waals surface area (Å²) in [6.07, 6.45) is 4.36. The summed E-state index contributed by atoms with van der Waals surface area (Å²) in [7, 11) is 0. The van der Waals surface area contributed by atoms with Gasteiger partial charge in [0.2, 0.25) is 5.91 Å². The van der Waals surface area contributed by atoms with Gasteiger partial charge in [0.15, 0.2) is 0 Å². The minimum atomic E-state index is 0.104. The monoisotopic (exact) mass is 261 g/mol. The van der Waals surface area contributed by atoms with Crippen LogP contribution >= 0.6 is 0 Å². The van der Waals surface area contributed by atoms with Crippen molar-refractivity contribution in [2.75, 3.05) is 6.61 Å². The molecule has 3 heteroatoms. The number of aryl methyl sites for hydroxylation is 2. The highest BCUT2D eigenvalue weighted by Gasteiger charge is 2.31. The van der Waals surface area contributed by atoms with E-state index in [2.05, 4.69) is 30.4 Å². The predicted octanol–water partition coefficient (Wildman–Crippen LogP) is 2.20. The molecule has 0 heterocycles. The lowest BCUT2D eigenvalue weighted by molar-refractivity contribution is -0.122. The molecule has 3 nitrogen and oxygen atoms in total. The van der Waals surface area contributed by atoms with Crippen LogP contribution in [0.15, 0.2) is 24.3 Å². The first-order valence-electron chi connectivity index (χ1n) is 7.15. The van der Waals surface area contributed by atoms with Crippen molar-refractivity contribution in [2.45, 2.75) is 45.1 Å². The fourth-order valence-corrected chi connectivity index (χ4v) is 2.47. The van der Waals surface area contributed by atoms with E-state index in [4.69, 9.17) is 5.11 Å². The summed E-state index contributed by atoms with van der Waals surface area (Å²) in [6, 6.07) is 8.45. The standard InChI is InChI=1S/C16H23NO2/c1-12-3-2-4-13(11-12)5-8-16(19)17-15(9-10-18)14-6-7-14/h2-4,11,14-15,18H,5-10H2,1H3,(H,17,19). The van der Waals surface area contributed by atoms with Crippen LogP contribution in [0.3, 0.4) is 0 Å². The maximum absolute atomic E-state index is 11.9. The van der Waals surface area contributed by atoms with E-state index < -0.39 is 0 Å². The summed E-state index contributed by atoms with van der Waals surface area (Å²) >= 11 is 0. The molecule has 0 aliphatic heterocycles. The fraction of sp³-hybridized carbons (Fsp3) is 0.562. The summed E-state index contributed by atoms with van der Waals surface area (Å²) in [6.45, 7) is 2.22. The Bertz CT molecular complexity index is 427. The van der Waals surface area contributed by atoms with Crippen LogP contribution in [0.2, 0.25) is 0 Å². The highest BCUT2D eigenvalue weighted by Crippen LogP contribution is 2.33. The molecule has 0 spiro atoms. The van der Waals surface area contributed by atoms with Crippen molar-refractivity contribution < 1.29 is 9.90 Å². The van der Waals surface area contributed by atoms with Gasteiger partial charge in [-0.3, -0.25) is 4.79 Å². The van der Waals surface area contributed by atoms with Gasteiger partial charge in [-0.15, -0.1) is 0 Å². The number of aliphatic hydroxyl groups excluding tert-OH is 1. The molecule has 1 aliphatic carbocycles. The topological polar surface area (TPSA) is 49.3 Å². The van der Waals surface area contributed by atoms with Gasteiger partial charge >= 0.3 is 0 Å². The first-order valence-corrected chi connectivity index (χ1v) is 7.15. The largest absolute Gasteiger partial charge is 0.396 e. The first-order chi connectivity index (χ1) is 9.19. The van der Waals surface area contributed by atoms with E-state index in [0.29, 0.717) is 18.8 Å². The quantitative estimate of drug-likeness (QED) is 0.790. The van der Waals surface area contributed by atoms with Gasteiger partial charge in [0, 0.05) is 19.1 Å². The maximum Gasteiger partial charge on any atom is 0.220 e. The number of rotatable bonds is 7. The average Bonchev–Trinajstić information content (AvgIpc) is 3.20. The molecule has 1 aromatic rings. The summed E-state index contributed by atoms with van der Waals surface area (Å²) in [5.41, 5.74) is 2.44. The molecule has 1 saturated carbocycles. The lowest BCUT2D eigenvalue weighted by Gasteiger charge is -2.17. The normalized spacial score (nSPS) is 16.1. The molecule has 1 fully saturated rings. The minimum Gasteiger partial charge on any atom is -0.396 e. The van der Waals surface area contributed by atoms with Crippen LogP contribution in [0, 0.1) is 12.8 Å². The molecule has 2 rings (SSSR count). The molecule has 1 unspecified atom stereocenters. The van der Waals surface area contributed by atoms with Crippen molar-refractivity contribution in [2.24, 2.45) is 5.92 Å². The Morgan fingerprint density at radius 2 is 2.26 bits per heavy atom. The predicted molar refractivity (Wildman–Crippen MR) is 75.9 cm³/mol. The Kier molecular flexibility index (Phi) is 4.97. The summed E-state index contributed by atoms with van der Waals surface area (Å²) in [5.74, 6) is 0.696. The van der Waals surface area contributed by atoms with Crippen LogP contribution in [0.5, 0.6) is 0 Å². The van der Waals surface area contributed by atoms with Gasteiger partial charge in [-0.05, 0) is 44.1 Å². The maximum atomic E-state index is 11.9.